The number of phenolic OH excluding ortho intramolecular Hbond substituents is 2. The largest absolute Gasteiger partial charge is 0.505 e. The molecule has 4 aromatic carbocycles. The van der Waals surface area contributed by atoms with E-state index in [0.29, 0.717) is 43.9 Å². The quantitative estimate of drug-likeness (QED) is 0.0705. The Hall–Kier alpha value is -8.66. The second kappa shape index (κ2) is 21.1. The smallest absolute Gasteiger partial charge is 0.356 e. The molecule has 0 spiro atoms. The monoisotopic (exact) mass is 1050 g/mol. The molecule has 19 nitrogen and oxygen atoms in total. The van der Waals surface area contributed by atoms with Crippen molar-refractivity contribution in [2.24, 2.45) is 0 Å². The van der Waals surface area contributed by atoms with Gasteiger partial charge in [-0.1, -0.05) is 49.2 Å². The Morgan fingerprint density at radius 3 is 1.68 bits per heavy atom. The molecule has 380 valence electrons. The standard InChI is InChI=1S/C26H21ClFN7O2.C21H20FN5O.C5H3ClN2O2/c1-2-13-8-22(36)17(28)9-16(13)14-3-4-15-19(7-14)33-34-24(15)25-31-18-5-6-35(12-21(18)32-25)26(37)20-10-30-23(27)11-29-20;1-2-11-8-19(28)15(22)9-14(11)12-3-4-13-17(7-12)26-27-20(13)21-24-16-5-6-23-10-18(16)25-21;6-4-2-7-3(1-8-4)5(9)10/h3-4,7-11,36H,2,5-6,12H2,1H3,(H,31,32)(H,33,34);3-4,7-9,23,28H,2,5-6,10H2,1H3,(H,24,25)(H,26,27);1-2H,(H,9,10). The van der Waals surface area contributed by atoms with Crippen molar-refractivity contribution in [1.82, 2.24) is 70.5 Å². The molecule has 0 bridgehead atoms. The Balaban J connectivity index is 0.000000148. The number of nitrogens with one attached hydrogen (secondary N) is 5. The number of carboxylic acids is 1. The highest BCUT2D eigenvalue weighted by Crippen LogP contribution is 2.36. The average Bonchev–Trinajstić information content (AvgIpc) is 4.25. The minimum absolute atomic E-state index is 0.107. The molecule has 12 rings (SSSR count). The van der Waals surface area contributed by atoms with Crippen LogP contribution in [-0.4, -0.2) is 105 Å². The predicted molar refractivity (Wildman–Crippen MR) is 275 cm³/mol. The molecule has 10 aromatic rings. The first-order valence-electron chi connectivity index (χ1n) is 23.6. The van der Waals surface area contributed by atoms with Gasteiger partial charge in [0.1, 0.15) is 27.4 Å². The van der Waals surface area contributed by atoms with Crippen LogP contribution >= 0.6 is 23.2 Å². The SMILES string of the molecule is CCc1cc(O)c(F)cc1-c1ccc2c(-c3nc4c([nH]3)CN(C(=O)c3cnc(Cl)cn3)CC4)n[nH]c2c1.CCc1cc(O)c(F)cc1-c1ccc2c(-c3nc4c([nH]3)CNCC4)n[nH]c2c1.O=C(O)c1cnc(Cl)cn1. The maximum absolute atomic E-state index is 14.1. The number of aromatic amines is 4. The molecule has 0 radical (unpaired) electrons. The zero-order valence-corrected chi connectivity index (χ0v) is 41.4. The van der Waals surface area contributed by atoms with Crippen molar-refractivity contribution in [1.29, 1.82) is 0 Å². The summed E-state index contributed by atoms with van der Waals surface area (Å²) in [6.07, 6.45) is 7.86. The van der Waals surface area contributed by atoms with E-state index in [1.54, 1.807) is 4.90 Å². The van der Waals surface area contributed by atoms with E-state index in [0.717, 1.165) is 115 Å². The number of phenols is 2. The third-order valence-electron chi connectivity index (χ3n) is 12.8. The van der Waals surface area contributed by atoms with Gasteiger partial charge >= 0.3 is 5.97 Å². The Labute approximate surface area is 434 Å². The van der Waals surface area contributed by atoms with E-state index in [1.165, 1.54) is 42.9 Å². The van der Waals surface area contributed by atoms with Gasteiger partial charge in [-0.05, 0) is 94.8 Å². The number of aromatic nitrogens is 12. The van der Waals surface area contributed by atoms with Crippen LogP contribution in [0.3, 0.4) is 0 Å². The third kappa shape index (κ3) is 10.3. The van der Waals surface area contributed by atoms with Gasteiger partial charge in [0.05, 0.1) is 65.1 Å². The molecule has 6 aromatic heterocycles. The van der Waals surface area contributed by atoms with Crippen molar-refractivity contribution in [2.45, 2.75) is 52.6 Å². The molecule has 8 N–H and O–H groups in total. The van der Waals surface area contributed by atoms with E-state index in [9.17, 15) is 28.6 Å². The molecule has 0 unspecified atom stereocenters. The zero-order chi connectivity index (χ0) is 52.5. The molecule has 8 heterocycles. The van der Waals surface area contributed by atoms with Crippen LogP contribution in [0.1, 0.15) is 68.7 Å². The number of carbonyl (C=O) groups is 2. The lowest BCUT2D eigenvalue weighted by Gasteiger charge is -2.25. The van der Waals surface area contributed by atoms with Gasteiger partial charge in [-0.3, -0.25) is 15.0 Å². The number of nitrogens with zero attached hydrogens (tertiary/aromatic N) is 9. The van der Waals surface area contributed by atoms with Crippen LogP contribution in [-0.2, 0) is 38.8 Å². The van der Waals surface area contributed by atoms with Gasteiger partial charge in [-0.25, -0.2) is 43.5 Å². The number of aromatic hydroxyl groups is 2. The van der Waals surface area contributed by atoms with Gasteiger partial charge in [-0.15, -0.1) is 0 Å². The second-order valence-corrected chi connectivity index (χ2v) is 18.2. The summed E-state index contributed by atoms with van der Waals surface area (Å²) in [5, 5.41) is 48.4. The van der Waals surface area contributed by atoms with Gasteiger partial charge in [0.15, 0.2) is 40.5 Å². The van der Waals surface area contributed by atoms with Crippen molar-refractivity contribution in [2.75, 3.05) is 13.1 Å². The van der Waals surface area contributed by atoms with Crippen LogP contribution in [0.15, 0.2) is 85.5 Å². The number of aryl methyl sites for hydroxylation is 2. The van der Waals surface area contributed by atoms with Gasteiger partial charge in [-0.2, -0.15) is 10.2 Å². The van der Waals surface area contributed by atoms with Crippen LogP contribution in [0.25, 0.3) is 67.1 Å². The Kier molecular flexibility index (Phi) is 14.0. The average molecular weight is 1050 g/mol. The van der Waals surface area contributed by atoms with Crippen LogP contribution < -0.4 is 5.32 Å². The fourth-order valence-corrected chi connectivity index (χ4v) is 9.18. The van der Waals surface area contributed by atoms with Gasteiger partial charge in [0.25, 0.3) is 5.91 Å². The molecular weight excluding hydrogens is 1010 g/mol. The summed E-state index contributed by atoms with van der Waals surface area (Å²) in [6, 6.07) is 17.3. The molecule has 0 fully saturated rings. The summed E-state index contributed by atoms with van der Waals surface area (Å²) in [5.74, 6) is -1.91. The third-order valence-corrected chi connectivity index (χ3v) is 13.2. The number of amides is 1. The summed E-state index contributed by atoms with van der Waals surface area (Å²) in [6.45, 7) is 6.54. The molecule has 1 amide bonds. The topological polar surface area (TPSA) is 276 Å². The number of hydrogen-bond donors (Lipinski definition) is 8. The lowest BCUT2D eigenvalue weighted by atomic mass is 9.96. The highest BCUT2D eigenvalue weighted by Gasteiger charge is 2.27. The normalized spacial score (nSPS) is 12.9. The molecule has 2 aliphatic rings. The van der Waals surface area contributed by atoms with E-state index >= 15 is 0 Å². The van der Waals surface area contributed by atoms with Crippen molar-refractivity contribution >= 4 is 56.9 Å². The lowest BCUT2D eigenvalue weighted by Crippen LogP contribution is -2.36. The van der Waals surface area contributed by atoms with Crippen LogP contribution in [0.2, 0.25) is 10.3 Å². The zero-order valence-electron chi connectivity index (χ0n) is 39.9. The van der Waals surface area contributed by atoms with Gasteiger partial charge in [0, 0.05) is 43.2 Å². The van der Waals surface area contributed by atoms with Gasteiger partial charge in [0.2, 0.25) is 0 Å². The molecule has 0 atom stereocenters. The number of hydrogen-bond acceptors (Lipinski definition) is 13. The summed E-state index contributed by atoms with van der Waals surface area (Å²) >= 11 is 11.1. The number of halogens is 4. The van der Waals surface area contributed by atoms with Crippen molar-refractivity contribution in [3.8, 4) is 56.8 Å². The van der Waals surface area contributed by atoms with E-state index in [2.05, 4.69) is 55.6 Å². The molecule has 0 saturated heterocycles. The van der Waals surface area contributed by atoms with Crippen molar-refractivity contribution in [3.63, 3.8) is 0 Å². The summed E-state index contributed by atoms with van der Waals surface area (Å²) in [7, 11) is 0. The number of rotatable bonds is 8. The molecule has 23 heteroatoms. The first-order valence-corrected chi connectivity index (χ1v) is 24.3. The number of carboxylic acid groups (broad SMARTS) is 1. The Morgan fingerprint density at radius 1 is 0.667 bits per heavy atom. The number of H-pyrrole nitrogens is 4. The first-order chi connectivity index (χ1) is 36.2. The van der Waals surface area contributed by atoms with E-state index < -0.39 is 17.6 Å². The summed E-state index contributed by atoms with van der Waals surface area (Å²) in [5.41, 5.74) is 12.1. The maximum Gasteiger partial charge on any atom is 0.356 e. The second-order valence-electron chi connectivity index (χ2n) is 17.5. The van der Waals surface area contributed by atoms with Crippen molar-refractivity contribution in [3.05, 3.63) is 153 Å². The van der Waals surface area contributed by atoms with E-state index in [1.807, 2.05) is 50.2 Å². The molecule has 0 saturated carbocycles. The molecular formula is C52H44Cl2F2N14O5. The minimum Gasteiger partial charge on any atom is -0.505 e. The number of benzene rings is 4. The molecule has 2 aliphatic heterocycles. The lowest BCUT2D eigenvalue weighted by molar-refractivity contribution is 0.0688. The number of carbonyl (C=O) groups excluding carboxylic acids is 1. The fraction of sp³-hybridized carbons (Fsp3) is 0.192. The number of fused-ring (bicyclic) bond motifs is 4. The van der Waals surface area contributed by atoms with E-state index in [-0.39, 0.29) is 39.1 Å². The summed E-state index contributed by atoms with van der Waals surface area (Å²) in [4.78, 5) is 55.9. The number of imidazole rings is 2. The highest BCUT2D eigenvalue weighted by molar-refractivity contribution is 6.29. The molecule has 75 heavy (non-hydrogen) atoms. The predicted octanol–water partition coefficient (Wildman–Crippen LogP) is 9.17. The van der Waals surface area contributed by atoms with Crippen LogP contribution in [0.4, 0.5) is 8.78 Å². The Morgan fingerprint density at radius 2 is 1.19 bits per heavy atom. The first kappa shape index (κ1) is 49.9. The Bertz CT molecular complexity index is 3760. The van der Waals surface area contributed by atoms with E-state index in [4.69, 9.17) is 38.3 Å². The fourth-order valence-electron chi connectivity index (χ4n) is 8.99. The van der Waals surface area contributed by atoms with Crippen LogP contribution in [0, 0.1) is 11.6 Å². The van der Waals surface area contributed by atoms with Crippen molar-refractivity contribution < 1.29 is 33.7 Å². The highest BCUT2D eigenvalue weighted by atomic mass is 35.5. The maximum atomic E-state index is 14.1. The summed E-state index contributed by atoms with van der Waals surface area (Å²) < 4.78 is 28.0. The van der Waals surface area contributed by atoms with Crippen LogP contribution in [0.5, 0.6) is 11.5 Å². The van der Waals surface area contributed by atoms with Gasteiger partial charge < -0.3 is 35.5 Å². The number of aromatic carboxylic acids is 1. The minimum atomic E-state index is -1.11. The molecule has 0 aliphatic carbocycles.